The molecule has 0 fully saturated rings. The van der Waals surface area contributed by atoms with Crippen molar-refractivity contribution >= 4 is 11.5 Å². The lowest BCUT2D eigenvalue weighted by Crippen LogP contribution is -2.38. The van der Waals surface area contributed by atoms with Gasteiger partial charge in [-0.25, -0.2) is 4.79 Å². The van der Waals surface area contributed by atoms with E-state index in [0.717, 1.165) is 9.13 Å². The van der Waals surface area contributed by atoms with E-state index in [1.165, 1.54) is 28.3 Å². The highest BCUT2D eigenvalue weighted by Gasteiger charge is 2.17. The van der Waals surface area contributed by atoms with Crippen molar-refractivity contribution in [1.29, 1.82) is 0 Å². The third-order valence-electron chi connectivity index (χ3n) is 2.69. The predicted molar refractivity (Wildman–Crippen MR) is 68.7 cm³/mol. The maximum Gasteiger partial charge on any atom is 0.332 e. The van der Waals surface area contributed by atoms with Crippen molar-refractivity contribution in [1.82, 2.24) is 9.13 Å². The lowest BCUT2D eigenvalue weighted by Gasteiger charge is -2.17. The fourth-order valence-corrected chi connectivity index (χ4v) is 1.55. The molecule has 0 aliphatic carbocycles. The van der Waals surface area contributed by atoms with Gasteiger partial charge in [-0.15, -0.1) is 4.91 Å². The Morgan fingerprint density at radius 2 is 1.79 bits per heavy atom. The summed E-state index contributed by atoms with van der Waals surface area (Å²) in [6, 6.07) is 0. The summed E-state index contributed by atoms with van der Waals surface area (Å²) in [5.41, 5.74) is -1.69. The van der Waals surface area contributed by atoms with Crippen LogP contribution in [-0.2, 0) is 23.6 Å². The highest BCUT2D eigenvalue weighted by atomic mass is 16.7. The molecule has 106 valence electrons. The summed E-state index contributed by atoms with van der Waals surface area (Å²) in [5.74, 6) is 0.0298. The Kier molecular flexibility index (Phi) is 4.95. The zero-order valence-corrected chi connectivity index (χ0v) is 11.2. The van der Waals surface area contributed by atoms with Gasteiger partial charge in [0.05, 0.1) is 6.54 Å². The number of nitroso groups, excluding NO2 is 1. The molecular formula is C10H16N4O5. The topological polar surface area (TPSA) is 104 Å². The van der Waals surface area contributed by atoms with Gasteiger partial charge in [0, 0.05) is 28.3 Å². The average molecular weight is 272 g/mol. The second-order valence-electron chi connectivity index (χ2n) is 3.78. The SMILES string of the molecule is COC(CNc1c(N=O)c(=O)n(C)c(=O)n1C)OC. The minimum atomic E-state index is -0.757. The van der Waals surface area contributed by atoms with E-state index in [2.05, 4.69) is 10.5 Å². The van der Waals surface area contributed by atoms with Gasteiger partial charge in [-0.05, 0) is 5.18 Å². The van der Waals surface area contributed by atoms with Crippen molar-refractivity contribution in [3.05, 3.63) is 25.7 Å². The van der Waals surface area contributed by atoms with Crippen molar-refractivity contribution in [2.75, 3.05) is 26.1 Å². The van der Waals surface area contributed by atoms with Crippen LogP contribution in [0.1, 0.15) is 0 Å². The molecule has 0 radical (unpaired) electrons. The summed E-state index contributed by atoms with van der Waals surface area (Å²) in [6.45, 7) is 0.149. The molecule has 0 aromatic carbocycles. The van der Waals surface area contributed by atoms with E-state index in [-0.39, 0.29) is 18.1 Å². The first-order chi connectivity index (χ1) is 8.97. The maximum absolute atomic E-state index is 11.7. The van der Waals surface area contributed by atoms with Gasteiger partial charge in [0.25, 0.3) is 5.56 Å². The monoisotopic (exact) mass is 272 g/mol. The highest BCUT2D eigenvalue weighted by molar-refractivity contribution is 5.59. The van der Waals surface area contributed by atoms with E-state index in [9.17, 15) is 14.5 Å². The Labute approximate surface area is 108 Å². The maximum atomic E-state index is 11.7. The number of methoxy groups -OCH3 is 2. The average Bonchev–Trinajstić information content (AvgIpc) is 2.43. The zero-order valence-electron chi connectivity index (χ0n) is 11.2. The van der Waals surface area contributed by atoms with Crippen LogP contribution in [0.2, 0.25) is 0 Å². The Balaban J connectivity index is 3.24. The number of anilines is 1. The molecule has 0 atom stereocenters. The summed E-state index contributed by atoms with van der Waals surface area (Å²) in [7, 11) is 5.58. The predicted octanol–water partition coefficient (Wildman–Crippen LogP) is -0.487. The number of rotatable bonds is 6. The van der Waals surface area contributed by atoms with Crippen molar-refractivity contribution in [3.8, 4) is 0 Å². The number of ether oxygens (including phenoxy) is 2. The van der Waals surface area contributed by atoms with Crippen molar-refractivity contribution < 1.29 is 9.47 Å². The van der Waals surface area contributed by atoms with Crippen molar-refractivity contribution in [2.45, 2.75) is 6.29 Å². The third-order valence-corrected chi connectivity index (χ3v) is 2.69. The fourth-order valence-electron chi connectivity index (χ4n) is 1.55. The summed E-state index contributed by atoms with van der Waals surface area (Å²) in [6.07, 6.45) is -0.585. The van der Waals surface area contributed by atoms with Crippen LogP contribution in [0.3, 0.4) is 0 Å². The molecule has 0 bridgehead atoms. The van der Waals surface area contributed by atoms with Gasteiger partial charge in [0.1, 0.15) is 5.82 Å². The van der Waals surface area contributed by atoms with Crippen LogP contribution in [0, 0.1) is 4.91 Å². The number of nitrogens with zero attached hydrogens (tertiary/aromatic N) is 3. The molecule has 9 nitrogen and oxygen atoms in total. The molecule has 1 aromatic rings. The highest BCUT2D eigenvalue weighted by Crippen LogP contribution is 2.17. The third kappa shape index (κ3) is 2.88. The summed E-state index contributed by atoms with van der Waals surface area (Å²) < 4.78 is 11.8. The van der Waals surface area contributed by atoms with Gasteiger partial charge < -0.3 is 14.8 Å². The number of aromatic nitrogens is 2. The molecule has 0 amide bonds. The van der Waals surface area contributed by atoms with Crippen LogP contribution in [0.25, 0.3) is 0 Å². The minimum Gasteiger partial charge on any atom is -0.364 e. The van der Waals surface area contributed by atoms with E-state index >= 15 is 0 Å². The van der Waals surface area contributed by atoms with Crippen molar-refractivity contribution in [3.63, 3.8) is 0 Å². The van der Waals surface area contributed by atoms with Crippen LogP contribution < -0.4 is 16.6 Å². The molecule has 0 spiro atoms. The molecule has 19 heavy (non-hydrogen) atoms. The van der Waals surface area contributed by atoms with E-state index in [4.69, 9.17) is 9.47 Å². The first-order valence-corrected chi connectivity index (χ1v) is 5.40. The van der Waals surface area contributed by atoms with Crippen LogP contribution in [-0.4, -0.2) is 36.2 Å². The number of hydrogen-bond acceptors (Lipinski definition) is 7. The van der Waals surface area contributed by atoms with Crippen LogP contribution in [0.15, 0.2) is 14.8 Å². The molecule has 1 aromatic heterocycles. The van der Waals surface area contributed by atoms with E-state index in [1.807, 2.05) is 0 Å². The lowest BCUT2D eigenvalue weighted by molar-refractivity contribution is -0.0914. The quantitative estimate of drug-likeness (QED) is 0.553. The van der Waals surface area contributed by atoms with Crippen LogP contribution in [0.4, 0.5) is 11.5 Å². The van der Waals surface area contributed by atoms with Crippen LogP contribution >= 0.6 is 0 Å². The first kappa shape index (κ1) is 15.1. The number of nitrogens with one attached hydrogen (secondary N) is 1. The molecule has 0 aliphatic rings. The second kappa shape index (κ2) is 6.25. The number of hydrogen-bond donors (Lipinski definition) is 1. The minimum absolute atomic E-state index is 0.0298. The molecule has 0 saturated heterocycles. The zero-order chi connectivity index (χ0) is 14.6. The van der Waals surface area contributed by atoms with E-state index < -0.39 is 17.5 Å². The first-order valence-electron chi connectivity index (χ1n) is 5.40. The molecular weight excluding hydrogens is 256 g/mol. The largest absolute Gasteiger partial charge is 0.364 e. The standard InChI is InChI=1S/C10H16N4O5/c1-13-8(11-5-6(18-3)19-4)7(12-17)9(15)14(2)10(13)16/h6,11H,5H2,1-4H3. The molecule has 1 heterocycles. The normalized spacial score (nSPS) is 10.8. The van der Waals surface area contributed by atoms with Gasteiger partial charge in [0.2, 0.25) is 5.69 Å². The summed E-state index contributed by atoms with van der Waals surface area (Å²) >= 11 is 0. The smallest absolute Gasteiger partial charge is 0.332 e. The van der Waals surface area contributed by atoms with Crippen molar-refractivity contribution in [2.24, 2.45) is 19.3 Å². The second-order valence-corrected chi connectivity index (χ2v) is 3.78. The van der Waals surface area contributed by atoms with Gasteiger partial charge in [-0.2, -0.15) is 0 Å². The summed E-state index contributed by atoms with van der Waals surface area (Å²) in [5, 5.41) is 5.42. The molecule has 0 unspecified atom stereocenters. The fraction of sp³-hybridized carbons (Fsp3) is 0.600. The molecule has 9 heteroatoms. The molecule has 1 rings (SSSR count). The van der Waals surface area contributed by atoms with Gasteiger partial charge in [-0.1, -0.05) is 0 Å². The summed E-state index contributed by atoms with van der Waals surface area (Å²) in [4.78, 5) is 34.2. The molecule has 0 saturated carbocycles. The van der Waals surface area contributed by atoms with E-state index in [0.29, 0.717) is 0 Å². The van der Waals surface area contributed by atoms with Crippen LogP contribution in [0.5, 0.6) is 0 Å². The Morgan fingerprint density at radius 3 is 2.26 bits per heavy atom. The lowest BCUT2D eigenvalue weighted by atomic mass is 10.4. The Bertz CT molecular complexity index is 573. The van der Waals surface area contributed by atoms with Gasteiger partial charge in [-0.3, -0.25) is 13.9 Å². The van der Waals surface area contributed by atoms with Gasteiger partial charge >= 0.3 is 5.69 Å². The Morgan fingerprint density at radius 1 is 1.21 bits per heavy atom. The van der Waals surface area contributed by atoms with Gasteiger partial charge in [0.15, 0.2) is 6.29 Å². The Hall–Kier alpha value is -2.00. The molecule has 0 aliphatic heterocycles. The molecule has 1 N–H and O–H groups in total. The van der Waals surface area contributed by atoms with E-state index in [1.54, 1.807) is 0 Å².